The molecule has 228 valence electrons. The molecule has 0 bridgehead atoms. The minimum absolute atomic E-state index is 0.0152. The molecule has 0 spiro atoms. The summed E-state index contributed by atoms with van der Waals surface area (Å²) >= 11 is 0. The SMILES string of the molecule is CC(C)(C)OC(=O)N1Cc2cc(Oc3ccc(C(F)(F)F)cc3)ccc2C[C@H]1C(=O)N[C@@H](Cc1ccc(O)cc1)C(=O)O. The van der Waals surface area contributed by atoms with Gasteiger partial charge in [-0.1, -0.05) is 18.2 Å². The molecule has 2 amide bonds. The van der Waals surface area contributed by atoms with Crippen LogP contribution < -0.4 is 10.1 Å². The second-order valence-electron chi connectivity index (χ2n) is 11.2. The average Bonchev–Trinajstić information content (AvgIpc) is 2.92. The maximum absolute atomic E-state index is 13.5. The van der Waals surface area contributed by atoms with Crippen molar-refractivity contribution in [1.29, 1.82) is 0 Å². The van der Waals surface area contributed by atoms with E-state index in [0.717, 1.165) is 12.1 Å². The van der Waals surface area contributed by atoms with Gasteiger partial charge in [-0.2, -0.15) is 13.2 Å². The number of hydrogen-bond acceptors (Lipinski definition) is 6. The number of ether oxygens (including phenoxy) is 2. The monoisotopic (exact) mass is 600 g/mol. The predicted octanol–water partition coefficient (Wildman–Crippen LogP) is 5.68. The van der Waals surface area contributed by atoms with Crippen molar-refractivity contribution in [2.24, 2.45) is 0 Å². The molecule has 2 atom stereocenters. The first-order chi connectivity index (χ1) is 20.1. The summed E-state index contributed by atoms with van der Waals surface area (Å²) in [6.45, 7) is 4.95. The van der Waals surface area contributed by atoms with Crippen LogP contribution in [0.2, 0.25) is 0 Å². The highest BCUT2D eigenvalue weighted by molar-refractivity contribution is 5.90. The van der Waals surface area contributed by atoms with E-state index in [9.17, 15) is 37.8 Å². The van der Waals surface area contributed by atoms with E-state index in [0.29, 0.717) is 22.4 Å². The second kappa shape index (κ2) is 12.2. The number of nitrogens with one attached hydrogen (secondary N) is 1. The molecule has 0 saturated heterocycles. The number of alkyl halides is 3. The molecule has 0 fully saturated rings. The van der Waals surface area contributed by atoms with Crippen LogP contribution in [-0.2, 0) is 39.9 Å². The van der Waals surface area contributed by atoms with Crippen molar-refractivity contribution in [3.63, 3.8) is 0 Å². The van der Waals surface area contributed by atoms with Gasteiger partial charge in [0.2, 0.25) is 5.91 Å². The zero-order valence-corrected chi connectivity index (χ0v) is 23.6. The Kier molecular flexibility index (Phi) is 8.88. The van der Waals surface area contributed by atoms with Crippen molar-refractivity contribution in [2.45, 2.75) is 64.0 Å². The van der Waals surface area contributed by atoms with Crippen LogP contribution in [0.3, 0.4) is 0 Å². The van der Waals surface area contributed by atoms with Gasteiger partial charge in [0.1, 0.15) is 34.9 Å². The van der Waals surface area contributed by atoms with Gasteiger partial charge in [-0.25, -0.2) is 9.59 Å². The van der Waals surface area contributed by atoms with Gasteiger partial charge in [-0.15, -0.1) is 0 Å². The Hall–Kier alpha value is -4.74. The summed E-state index contributed by atoms with van der Waals surface area (Å²) in [4.78, 5) is 39.9. The van der Waals surface area contributed by atoms with E-state index in [-0.39, 0.29) is 30.9 Å². The molecule has 9 nitrogen and oxygen atoms in total. The van der Waals surface area contributed by atoms with Crippen LogP contribution in [0.15, 0.2) is 66.7 Å². The first-order valence-corrected chi connectivity index (χ1v) is 13.4. The number of phenols is 1. The molecule has 43 heavy (non-hydrogen) atoms. The highest BCUT2D eigenvalue weighted by Gasteiger charge is 2.38. The molecule has 0 unspecified atom stereocenters. The Morgan fingerprint density at radius 2 is 1.58 bits per heavy atom. The van der Waals surface area contributed by atoms with Crippen LogP contribution in [0.4, 0.5) is 18.0 Å². The number of aromatic hydroxyl groups is 1. The fourth-order valence-electron chi connectivity index (χ4n) is 4.55. The first-order valence-electron chi connectivity index (χ1n) is 13.4. The van der Waals surface area contributed by atoms with Gasteiger partial charge in [-0.3, -0.25) is 9.69 Å². The Morgan fingerprint density at radius 3 is 2.16 bits per heavy atom. The standard InChI is InChI=1S/C31H31F3N2O7/c1-30(2,3)43-29(41)36-17-20-15-24(42-23-12-7-21(8-13-23)31(32,33)34)11-6-19(20)16-26(36)27(38)35-25(28(39)40)14-18-4-9-22(37)10-5-18/h4-13,15,25-26,37H,14,16-17H2,1-3H3,(H,35,38)(H,39,40)/t25-,26-/m0/s1. The number of fused-ring (bicyclic) bond motifs is 1. The van der Waals surface area contributed by atoms with Crippen molar-refractivity contribution in [1.82, 2.24) is 10.2 Å². The number of carboxylic acids is 1. The summed E-state index contributed by atoms with van der Waals surface area (Å²) in [5, 5.41) is 21.8. The van der Waals surface area contributed by atoms with Crippen LogP contribution in [-0.4, -0.2) is 50.8 Å². The van der Waals surface area contributed by atoms with E-state index in [1.807, 2.05) is 0 Å². The third-order valence-electron chi connectivity index (χ3n) is 6.65. The van der Waals surface area contributed by atoms with Gasteiger partial charge >= 0.3 is 18.2 Å². The van der Waals surface area contributed by atoms with Crippen LogP contribution in [0.25, 0.3) is 0 Å². The quantitative estimate of drug-likeness (QED) is 0.319. The molecule has 4 rings (SSSR count). The highest BCUT2D eigenvalue weighted by Crippen LogP contribution is 2.33. The number of rotatable bonds is 7. The molecule has 0 radical (unpaired) electrons. The van der Waals surface area contributed by atoms with Gasteiger partial charge in [0, 0.05) is 12.8 Å². The molecule has 0 aliphatic carbocycles. The Bertz CT molecular complexity index is 1480. The number of carboxylic acid groups (broad SMARTS) is 1. The van der Waals surface area contributed by atoms with Gasteiger partial charge in [0.25, 0.3) is 0 Å². The Morgan fingerprint density at radius 1 is 0.953 bits per heavy atom. The number of halogens is 3. The lowest BCUT2D eigenvalue weighted by Crippen LogP contribution is -2.56. The van der Waals surface area contributed by atoms with Gasteiger partial charge in [0.05, 0.1) is 12.1 Å². The summed E-state index contributed by atoms with van der Waals surface area (Å²) in [5.41, 5.74) is 0.206. The van der Waals surface area contributed by atoms with E-state index < -0.39 is 47.4 Å². The molecule has 3 aromatic rings. The van der Waals surface area contributed by atoms with Crippen molar-refractivity contribution in [3.05, 3.63) is 89.0 Å². The molecule has 1 aliphatic heterocycles. The van der Waals surface area contributed by atoms with Gasteiger partial charge in [0.15, 0.2) is 0 Å². The number of carbonyl (C=O) groups is 3. The van der Waals surface area contributed by atoms with E-state index in [4.69, 9.17) is 9.47 Å². The van der Waals surface area contributed by atoms with Gasteiger partial charge < -0.3 is 25.0 Å². The van der Waals surface area contributed by atoms with Crippen LogP contribution >= 0.6 is 0 Å². The number of amides is 2. The summed E-state index contributed by atoms with van der Waals surface area (Å²) in [6, 6.07) is 12.7. The maximum atomic E-state index is 13.5. The normalized spacial score (nSPS) is 15.7. The van der Waals surface area contributed by atoms with E-state index in [2.05, 4.69) is 5.32 Å². The minimum atomic E-state index is -4.48. The summed E-state index contributed by atoms with van der Waals surface area (Å²) in [6.07, 6.45) is -5.26. The largest absolute Gasteiger partial charge is 0.508 e. The van der Waals surface area contributed by atoms with Crippen LogP contribution in [0.5, 0.6) is 17.2 Å². The molecule has 0 aromatic heterocycles. The molecule has 3 N–H and O–H groups in total. The highest BCUT2D eigenvalue weighted by atomic mass is 19.4. The van der Waals surface area contributed by atoms with Gasteiger partial charge in [-0.05, 0) is 86.0 Å². The Balaban J connectivity index is 1.56. The lowest BCUT2D eigenvalue weighted by molar-refractivity contribution is -0.142. The third-order valence-corrected chi connectivity index (χ3v) is 6.65. The zero-order valence-electron chi connectivity index (χ0n) is 23.6. The number of hydrogen-bond donors (Lipinski definition) is 3. The lowest BCUT2D eigenvalue weighted by Gasteiger charge is -2.37. The molecular weight excluding hydrogens is 569 g/mol. The van der Waals surface area contributed by atoms with Crippen LogP contribution in [0.1, 0.15) is 43.0 Å². The molecule has 12 heteroatoms. The zero-order chi connectivity index (χ0) is 31.5. The predicted molar refractivity (Wildman–Crippen MR) is 149 cm³/mol. The maximum Gasteiger partial charge on any atom is 0.416 e. The molecule has 3 aromatic carbocycles. The van der Waals surface area contributed by atoms with Crippen molar-refractivity contribution in [3.8, 4) is 17.2 Å². The number of carbonyl (C=O) groups excluding carboxylic acids is 2. The van der Waals surface area contributed by atoms with E-state index in [1.165, 1.54) is 29.2 Å². The summed E-state index contributed by atoms with van der Waals surface area (Å²) in [5.74, 6) is -1.45. The smallest absolute Gasteiger partial charge is 0.416 e. The molecule has 1 heterocycles. The minimum Gasteiger partial charge on any atom is -0.508 e. The fourth-order valence-corrected chi connectivity index (χ4v) is 4.55. The molecule has 1 aliphatic rings. The fraction of sp³-hybridized carbons (Fsp3) is 0.323. The first kappa shape index (κ1) is 31.2. The number of benzene rings is 3. The van der Waals surface area contributed by atoms with E-state index >= 15 is 0 Å². The number of phenolic OH excluding ortho intramolecular Hbond substituents is 1. The average molecular weight is 601 g/mol. The van der Waals surface area contributed by atoms with Crippen LogP contribution in [0, 0.1) is 0 Å². The third kappa shape index (κ3) is 8.18. The van der Waals surface area contributed by atoms with Crippen molar-refractivity contribution >= 4 is 18.0 Å². The molecular formula is C31H31F3N2O7. The number of aliphatic carboxylic acids is 1. The van der Waals surface area contributed by atoms with Crippen molar-refractivity contribution in [2.75, 3.05) is 0 Å². The summed E-state index contributed by atoms with van der Waals surface area (Å²) < 4.78 is 50.0. The molecule has 0 saturated carbocycles. The lowest BCUT2D eigenvalue weighted by atomic mass is 9.93. The Labute approximate surface area is 245 Å². The summed E-state index contributed by atoms with van der Waals surface area (Å²) in [7, 11) is 0. The second-order valence-corrected chi connectivity index (χ2v) is 11.2. The topological polar surface area (TPSA) is 125 Å². The van der Waals surface area contributed by atoms with E-state index in [1.54, 1.807) is 51.1 Å². The number of nitrogens with zero attached hydrogens (tertiary/aromatic N) is 1. The van der Waals surface area contributed by atoms with Crippen molar-refractivity contribution < 1.29 is 47.2 Å².